The molecule has 1 spiro atoms. The number of aromatic hydroxyl groups is 4. The van der Waals surface area contributed by atoms with E-state index in [4.69, 9.17) is 18.9 Å². The zero-order valence-electron chi connectivity index (χ0n) is 22.2. The molecule has 4 aliphatic heterocycles. The van der Waals surface area contributed by atoms with Crippen LogP contribution < -0.4 is 14.2 Å². The Balaban J connectivity index is 1.28. The average Bonchev–Trinajstić information content (AvgIpc) is 3.22. The predicted molar refractivity (Wildman–Crippen MR) is 143 cm³/mol. The standard InChI is InChI=1S/C31H26O11/c1-12-4-14(32)6-22-15(12)8-24-29(39-22)30-11-31(38,42-24)25(37)9-17(30)26-23(41-30)10-19(34)16-7-21(36)27(40-28(16)26)13-2-3-18(33)20(35)5-13/h2-6,9-10,21,24,27,29,32-36,38H,7-8,11H2,1H3/t21?,24-,27+,29?,30?,31?/m0/s1. The molecule has 0 amide bonds. The third kappa shape index (κ3) is 3.23. The highest BCUT2D eigenvalue weighted by Gasteiger charge is 2.68. The number of hydrogen-bond acceptors (Lipinski definition) is 11. The van der Waals surface area contributed by atoms with Crippen molar-refractivity contribution < 1.29 is 54.4 Å². The molecule has 0 aromatic heterocycles. The van der Waals surface area contributed by atoms with Crippen LogP contribution in [0.25, 0.3) is 5.57 Å². The Morgan fingerprint density at radius 3 is 2.50 bits per heavy atom. The van der Waals surface area contributed by atoms with E-state index in [0.717, 1.165) is 11.1 Å². The van der Waals surface area contributed by atoms with E-state index >= 15 is 0 Å². The van der Waals surface area contributed by atoms with E-state index in [1.54, 1.807) is 6.07 Å². The molecule has 0 saturated carbocycles. The number of fused-ring (bicyclic) bond motifs is 7. The van der Waals surface area contributed by atoms with Gasteiger partial charge in [-0.3, -0.25) is 4.79 Å². The third-order valence-corrected chi connectivity index (χ3v) is 9.06. The lowest BCUT2D eigenvalue weighted by Crippen LogP contribution is -2.70. The highest BCUT2D eigenvalue weighted by Crippen LogP contribution is 2.62. The second-order valence-electron chi connectivity index (χ2n) is 11.6. The van der Waals surface area contributed by atoms with E-state index in [-0.39, 0.29) is 53.8 Å². The fourth-order valence-electron chi connectivity index (χ4n) is 7.15. The second-order valence-corrected chi connectivity index (χ2v) is 11.6. The maximum Gasteiger partial charge on any atom is 0.235 e. The van der Waals surface area contributed by atoms with Crippen molar-refractivity contribution >= 4 is 11.4 Å². The summed E-state index contributed by atoms with van der Waals surface area (Å²) in [5.41, 5.74) is 1.56. The molecule has 6 N–H and O–H groups in total. The zero-order valence-corrected chi connectivity index (χ0v) is 22.2. The van der Waals surface area contributed by atoms with Crippen LogP contribution in [-0.2, 0) is 22.4 Å². The number of aryl methyl sites for hydroxylation is 1. The van der Waals surface area contributed by atoms with Gasteiger partial charge in [0.25, 0.3) is 0 Å². The number of rotatable bonds is 1. The Morgan fingerprint density at radius 2 is 1.71 bits per heavy atom. The molecule has 1 aliphatic carbocycles. The van der Waals surface area contributed by atoms with Crippen molar-refractivity contribution in [2.45, 2.75) is 62.0 Å². The number of aliphatic hydroxyl groups excluding tert-OH is 1. The molecular weight excluding hydrogens is 548 g/mol. The minimum atomic E-state index is -2.18. The van der Waals surface area contributed by atoms with E-state index in [9.17, 15) is 35.4 Å². The van der Waals surface area contributed by atoms with Gasteiger partial charge in [0.05, 0.1) is 18.1 Å². The van der Waals surface area contributed by atoms with Gasteiger partial charge in [-0.1, -0.05) is 6.07 Å². The van der Waals surface area contributed by atoms with Crippen molar-refractivity contribution in [2.75, 3.05) is 0 Å². The molecule has 4 unspecified atom stereocenters. The third-order valence-electron chi connectivity index (χ3n) is 9.06. The van der Waals surface area contributed by atoms with Crippen LogP contribution in [0, 0.1) is 6.92 Å². The summed E-state index contributed by atoms with van der Waals surface area (Å²) < 4.78 is 25.3. The zero-order chi connectivity index (χ0) is 29.3. The fraction of sp³-hybridized carbons (Fsp3) is 0.323. The summed E-state index contributed by atoms with van der Waals surface area (Å²) in [6.07, 6.45) is -2.52. The lowest BCUT2D eigenvalue weighted by molar-refractivity contribution is -0.290. The van der Waals surface area contributed by atoms with Crippen molar-refractivity contribution in [3.63, 3.8) is 0 Å². The molecule has 2 bridgehead atoms. The number of ether oxygens (including phenoxy) is 4. The van der Waals surface area contributed by atoms with Gasteiger partial charge in [0.1, 0.15) is 41.0 Å². The number of aliphatic hydroxyl groups is 2. The van der Waals surface area contributed by atoms with Gasteiger partial charge in [0.2, 0.25) is 11.6 Å². The largest absolute Gasteiger partial charge is 0.508 e. The Morgan fingerprint density at radius 1 is 0.905 bits per heavy atom. The Bertz CT molecular complexity index is 1760. The number of phenols is 4. The van der Waals surface area contributed by atoms with Gasteiger partial charge in [0.15, 0.2) is 23.2 Å². The molecule has 3 aromatic rings. The van der Waals surface area contributed by atoms with Gasteiger partial charge in [-0.05, 0) is 42.3 Å². The smallest absolute Gasteiger partial charge is 0.235 e. The Kier molecular flexibility index (Phi) is 4.87. The first-order valence-corrected chi connectivity index (χ1v) is 13.6. The molecule has 42 heavy (non-hydrogen) atoms. The number of hydrogen-bond donors (Lipinski definition) is 6. The molecule has 6 atom stereocenters. The minimum absolute atomic E-state index is 0.0174. The number of benzene rings is 3. The summed E-state index contributed by atoms with van der Waals surface area (Å²) >= 11 is 0. The van der Waals surface area contributed by atoms with Crippen LogP contribution in [0.1, 0.15) is 40.3 Å². The van der Waals surface area contributed by atoms with Gasteiger partial charge in [-0.2, -0.15) is 0 Å². The van der Waals surface area contributed by atoms with E-state index < -0.39 is 41.6 Å². The molecule has 0 radical (unpaired) electrons. The van der Waals surface area contributed by atoms with Crippen molar-refractivity contribution in [1.29, 1.82) is 0 Å². The average molecular weight is 575 g/mol. The number of carbonyl (C=O) groups excluding carboxylic acids is 1. The van der Waals surface area contributed by atoms with Crippen molar-refractivity contribution in [3.05, 3.63) is 70.3 Å². The van der Waals surface area contributed by atoms with Crippen LogP contribution in [0.5, 0.6) is 40.2 Å². The van der Waals surface area contributed by atoms with Gasteiger partial charge < -0.3 is 49.6 Å². The summed E-state index contributed by atoms with van der Waals surface area (Å²) in [4.78, 5) is 13.4. The highest BCUT2D eigenvalue weighted by atomic mass is 16.7. The van der Waals surface area contributed by atoms with Crippen molar-refractivity contribution in [3.8, 4) is 40.2 Å². The molecule has 8 rings (SSSR count). The topological polar surface area (TPSA) is 175 Å². The van der Waals surface area contributed by atoms with Crippen LogP contribution in [0.2, 0.25) is 0 Å². The van der Waals surface area contributed by atoms with Gasteiger partial charge >= 0.3 is 0 Å². The lowest BCUT2D eigenvalue weighted by Gasteiger charge is -2.53. The first kappa shape index (κ1) is 25.3. The molecule has 11 nitrogen and oxygen atoms in total. The van der Waals surface area contributed by atoms with Gasteiger partial charge in [0, 0.05) is 41.7 Å². The first-order chi connectivity index (χ1) is 20.0. The minimum Gasteiger partial charge on any atom is -0.508 e. The highest BCUT2D eigenvalue weighted by molar-refractivity contribution is 6.08. The molecular formula is C31H26O11. The summed E-state index contributed by atoms with van der Waals surface area (Å²) in [6.45, 7) is 1.82. The lowest BCUT2D eigenvalue weighted by atomic mass is 9.69. The molecule has 1 fully saturated rings. The normalized spacial score (nSPS) is 31.7. The summed E-state index contributed by atoms with van der Waals surface area (Å²) in [5, 5.41) is 63.5. The fourth-order valence-corrected chi connectivity index (χ4v) is 7.15. The predicted octanol–water partition coefficient (Wildman–Crippen LogP) is 2.43. The van der Waals surface area contributed by atoms with Crippen molar-refractivity contribution in [1.82, 2.24) is 0 Å². The summed E-state index contributed by atoms with van der Waals surface area (Å²) in [5.74, 6) is -2.92. The molecule has 5 aliphatic rings. The Hall–Kier alpha value is -4.45. The molecule has 11 heteroatoms. The first-order valence-electron chi connectivity index (χ1n) is 13.6. The summed E-state index contributed by atoms with van der Waals surface area (Å²) in [7, 11) is 0. The van der Waals surface area contributed by atoms with Gasteiger partial charge in [-0.25, -0.2) is 0 Å². The van der Waals surface area contributed by atoms with E-state index in [2.05, 4.69) is 0 Å². The number of ketones is 1. The van der Waals surface area contributed by atoms with E-state index in [1.165, 1.54) is 36.4 Å². The molecule has 1 saturated heterocycles. The van der Waals surface area contributed by atoms with E-state index in [1.807, 2.05) is 6.92 Å². The monoisotopic (exact) mass is 574 g/mol. The Labute approximate surface area is 238 Å². The second kappa shape index (κ2) is 8.09. The van der Waals surface area contributed by atoms with Crippen LogP contribution in [0.3, 0.4) is 0 Å². The van der Waals surface area contributed by atoms with Crippen LogP contribution in [0.15, 0.2) is 42.5 Å². The number of phenolic OH excluding ortho intramolecular Hbond substituents is 4. The van der Waals surface area contributed by atoms with E-state index in [0.29, 0.717) is 28.0 Å². The molecule has 216 valence electrons. The SMILES string of the molecule is Cc1cc(O)cc2c1C[C@@H]1OC3(O)CC4(Oc5cc(O)c6c(c5C4=CC3=O)O[C@H](c3ccc(O)c(O)c3)C(O)C6)C1O2. The quantitative estimate of drug-likeness (QED) is 0.236. The van der Waals surface area contributed by atoms with Gasteiger partial charge in [-0.15, -0.1) is 0 Å². The maximum atomic E-state index is 13.4. The number of carbonyl (C=O) groups is 1. The molecule has 3 aromatic carbocycles. The molecule has 4 heterocycles. The van der Waals surface area contributed by atoms with Crippen molar-refractivity contribution in [2.24, 2.45) is 0 Å². The summed E-state index contributed by atoms with van der Waals surface area (Å²) in [6, 6.07) is 8.57. The van der Waals surface area contributed by atoms with Crippen LogP contribution in [-0.4, -0.2) is 66.1 Å². The maximum absolute atomic E-state index is 13.4. The van der Waals surface area contributed by atoms with Crippen LogP contribution in [0.4, 0.5) is 0 Å². The van der Waals surface area contributed by atoms with Crippen LogP contribution >= 0.6 is 0 Å².